The monoisotopic (exact) mass is 327 g/mol. The number of nitrogens with one attached hydrogen (secondary N) is 2. The summed E-state index contributed by atoms with van der Waals surface area (Å²) >= 11 is 0. The molecule has 0 aromatic rings. The Balaban J connectivity index is 0.000000231. The first kappa shape index (κ1) is 20.4. The summed E-state index contributed by atoms with van der Waals surface area (Å²) in [5, 5.41) is 6.63. The van der Waals surface area contributed by atoms with Crippen molar-refractivity contribution in [2.45, 2.75) is 66.0 Å². The average Bonchev–Trinajstić information content (AvgIpc) is 3.06. The Bertz CT molecular complexity index is 334. The molecule has 2 aliphatic rings. The van der Waals surface area contributed by atoms with Gasteiger partial charge in [-0.25, -0.2) is 0 Å². The van der Waals surface area contributed by atoms with E-state index >= 15 is 0 Å². The molecule has 2 rings (SSSR count). The molecule has 2 aliphatic heterocycles. The van der Waals surface area contributed by atoms with Gasteiger partial charge < -0.3 is 15.0 Å². The summed E-state index contributed by atoms with van der Waals surface area (Å²) in [6.07, 6.45) is 3.41. The second-order valence-electron chi connectivity index (χ2n) is 7.66. The normalized spacial score (nSPS) is 24.5. The van der Waals surface area contributed by atoms with Crippen molar-refractivity contribution >= 4 is 5.91 Å². The third-order valence-corrected chi connectivity index (χ3v) is 4.00. The maximum atomic E-state index is 11.1. The number of carbonyl (C=O) groups excluding carboxylic acids is 1. The predicted molar refractivity (Wildman–Crippen MR) is 95.3 cm³/mol. The van der Waals surface area contributed by atoms with Crippen molar-refractivity contribution in [1.29, 1.82) is 0 Å². The molecule has 2 N–H and O–H groups in total. The SMILES string of the molecule is CC(C)CNCN1CCCC1=O.CC(C)COC1CN[C@H](C)C1. The van der Waals surface area contributed by atoms with E-state index in [1.165, 1.54) is 6.42 Å². The Morgan fingerprint density at radius 1 is 1.30 bits per heavy atom. The molecule has 0 aromatic heterocycles. The van der Waals surface area contributed by atoms with Crippen LogP contribution in [0, 0.1) is 11.8 Å². The van der Waals surface area contributed by atoms with E-state index in [4.69, 9.17) is 4.74 Å². The maximum absolute atomic E-state index is 11.1. The van der Waals surface area contributed by atoms with Crippen LogP contribution in [0.3, 0.4) is 0 Å². The molecule has 1 amide bonds. The highest BCUT2D eigenvalue weighted by Crippen LogP contribution is 2.10. The molecule has 0 spiro atoms. The first-order valence-electron chi connectivity index (χ1n) is 9.22. The highest BCUT2D eigenvalue weighted by atomic mass is 16.5. The van der Waals surface area contributed by atoms with Crippen molar-refractivity contribution in [3.63, 3.8) is 0 Å². The molecule has 0 saturated carbocycles. The Labute approximate surface area is 142 Å². The standard InChI is InChI=1S/C9H18N2O.C9H19NO/c1-8(2)6-10-7-11-5-3-4-9(11)12;1-7(2)6-11-9-4-8(3)10-5-9/h8,10H,3-7H2,1-2H3;7-10H,4-6H2,1-3H3/t;8-,9?/m.1/s1. The Morgan fingerprint density at radius 2 is 2.04 bits per heavy atom. The smallest absolute Gasteiger partial charge is 0.223 e. The molecule has 0 radical (unpaired) electrons. The largest absolute Gasteiger partial charge is 0.377 e. The van der Waals surface area contributed by atoms with Gasteiger partial charge in [0.05, 0.1) is 12.8 Å². The van der Waals surface area contributed by atoms with Crippen molar-refractivity contribution in [3.8, 4) is 0 Å². The van der Waals surface area contributed by atoms with Crippen LogP contribution in [0.25, 0.3) is 0 Å². The fraction of sp³-hybridized carbons (Fsp3) is 0.944. The van der Waals surface area contributed by atoms with E-state index in [2.05, 4.69) is 45.3 Å². The molecule has 0 bridgehead atoms. The van der Waals surface area contributed by atoms with Gasteiger partial charge in [-0.15, -0.1) is 0 Å². The van der Waals surface area contributed by atoms with Crippen LogP contribution in [0.5, 0.6) is 0 Å². The Kier molecular flexibility index (Phi) is 9.75. The number of nitrogens with zero attached hydrogens (tertiary/aromatic N) is 1. The lowest BCUT2D eigenvalue weighted by molar-refractivity contribution is -0.128. The van der Waals surface area contributed by atoms with Crippen LogP contribution in [-0.4, -0.2) is 55.9 Å². The molecule has 1 unspecified atom stereocenters. The van der Waals surface area contributed by atoms with Crippen LogP contribution in [0.1, 0.15) is 53.9 Å². The first-order valence-corrected chi connectivity index (χ1v) is 9.22. The molecule has 5 heteroatoms. The van der Waals surface area contributed by atoms with Gasteiger partial charge in [-0.1, -0.05) is 27.7 Å². The third-order valence-electron chi connectivity index (χ3n) is 4.00. The summed E-state index contributed by atoms with van der Waals surface area (Å²) in [6.45, 7) is 15.5. The fourth-order valence-corrected chi connectivity index (χ4v) is 2.71. The molecule has 23 heavy (non-hydrogen) atoms. The summed E-state index contributed by atoms with van der Waals surface area (Å²) in [5.74, 6) is 1.61. The van der Waals surface area contributed by atoms with Gasteiger partial charge in [-0.05, 0) is 38.1 Å². The van der Waals surface area contributed by atoms with E-state index in [9.17, 15) is 4.79 Å². The molecule has 5 nitrogen and oxygen atoms in total. The zero-order chi connectivity index (χ0) is 17.2. The number of hydrogen-bond acceptors (Lipinski definition) is 4. The van der Waals surface area contributed by atoms with E-state index in [1.807, 2.05) is 4.90 Å². The minimum atomic E-state index is 0.297. The Hall–Kier alpha value is -0.650. The molecule has 2 atom stereocenters. The summed E-state index contributed by atoms with van der Waals surface area (Å²) in [6, 6.07) is 0.646. The van der Waals surface area contributed by atoms with Gasteiger partial charge in [0.25, 0.3) is 0 Å². The Morgan fingerprint density at radius 3 is 2.52 bits per heavy atom. The maximum Gasteiger partial charge on any atom is 0.223 e. The van der Waals surface area contributed by atoms with Gasteiger partial charge >= 0.3 is 0 Å². The van der Waals surface area contributed by atoms with Crippen LogP contribution in [0.15, 0.2) is 0 Å². The van der Waals surface area contributed by atoms with Crippen molar-refractivity contribution in [2.75, 3.05) is 32.9 Å². The average molecular weight is 328 g/mol. The lowest BCUT2D eigenvalue weighted by Gasteiger charge is -2.16. The van der Waals surface area contributed by atoms with Gasteiger partial charge in [-0.3, -0.25) is 10.1 Å². The van der Waals surface area contributed by atoms with Crippen LogP contribution >= 0.6 is 0 Å². The zero-order valence-corrected chi connectivity index (χ0v) is 15.7. The predicted octanol–water partition coefficient (Wildman–Crippen LogP) is 2.22. The number of likely N-dealkylation sites (tertiary alicyclic amines) is 1. The fourth-order valence-electron chi connectivity index (χ4n) is 2.71. The quantitative estimate of drug-likeness (QED) is 0.753. The van der Waals surface area contributed by atoms with Crippen LogP contribution in [-0.2, 0) is 9.53 Å². The minimum Gasteiger partial charge on any atom is -0.377 e. The van der Waals surface area contributed by atoms with E-state index in [-0.39, 0.29) is 0 Å². The van der Waals surface area contributed by atoms with Gasteiger partial charge in [0.15, 0.2) is 0 Å². The molecule has 0 aliphatic carbocycles. The number of amides is 1. The van der Waals surface area contributed by atoms with Crippen molar-refractivity contribution < 1.29 is 9.53 Å². The van der Waals surface area contributed by atoms with Gasteiger partial charge in [0, 0.05) is 32.2 Å². The topological polar surface area (TPSA) is 53.6 Å². The lowest BCUT2D eigenvalue weighted by atomic mass is 10.2. The van der Waals surface area contributed by atoms with Gasteiger partial charge in [-0.2, -0.15) is 0 Å². The number of rotatable bonds is 7. The molecule has 2 heterocycles. The number of ether oxygens (including phenoxy) is 1. The molecule has 2 fully saturated rings. The van der Waals surface area contributed by atoms with Crippen LogP contribution in [0.2, 0.25) is 0 Å². The third kappa shape index (κ3) is 9.28. The summed E-state index contributed by atoms with van der Waals surface area (Å²) in [7, 11) is 0. The molecule has 2 saturated heterocycles. The lowest BCUT2D eigenvalue weighted by Crippen LogP contribution is -2.36. The van der Waals surface area contributed by atoms with E-state index in [0.29, 0.717) is 29.9 Å². The van der Waals surface area contributed by atoms with Crippen LogP contribution < -0.4 is 10.6 Å². The van der Waals surface area contributed by atoms with Crippen molar-refractivity contribution in [2.24, 2.45) is 11.8 Å². The minimum absolute atomic E-state index is 0.297. The van der Waals surface area contributed by atoms with Gasteiger partial charge in [0.1, 0.15) is 0 Å². The molecular formula is C18H37N3O2. The van der Waals surface area contributed by atoms with Crippen molar-refractivity contribution in [1.82, 2.24) is 15.5 Å². The molecule has 136 valence electrons. The second-order valence-corrected chi connectivity index (χ2v) is 7.66. The first-order chi connectivity index (χ1) is 10.9. The molecule has 0 aromatic carbocycles. The zero-order valence-electron chi connectivity index (χ0n) is 15.7. The van der Waals surface area contributed by atoms with E-state index in [0.717, 1.165) is 45.8 Å². The van der Waals surface area contributed by atoms with Crippen LogP contribution in [0.4, 0.5) is 0 Å². The number of carbonyl (C=O) groups is 1. The second kappa shape index (κ2) is 11.0. The highest BCUT2D eigenvalue weighted by molar-refractivity contribution is 5.77. The summed E-state index contributed by atoms with van der Waals surface area (Å²) in [4.78, 5) is 13.0. The van der Waals surface area contributed by atoms with E-state index in [1.54, 1.807) is 0 Å². The van der Waals surface area contributed by atoms with Gasteiger partial charge in [0.2, 0.25) is 5.91 Å². The van der Waals surface area contributed by atoms with E-state index < -0.39 is 0 Å². The van der Waals surface area contributed by atoms with Crippen molar-refractivity contribution in [3.05, 3.63) is 0 Å². The summed E-state index contributed by atoms with van der Waals surface area (Å²) in [5.41, 5.74) is 0. The number of hydrogen-bond donors (Lipinski definition) is 2. The molecular weight excluding hydrogens is 290 g/mol. The highest BCUT2D eigenvalue weighted by Gasteiger charge is 2.21. The summed E-state index contributed by atoms with van der Waals surface area (Å²) < 4.78 is 5.67.